The molecule has 1 amide bonds. The predicted molar refractivity (Wildman–Crippen MR) is 111 cm³/mol. The lowest BCUT2D eigenvalue weighted by Gasteiger charge is -2.19. The van der Waals surface area contributed by atoms with Crippen molar-refractivity contribution in [3.8, 4) is 5.75 Å². The van der Waals surface area contributed by atoms with E-state index < -0.39 is 6.04 Å². The molecule has 0 bridgehead atoms. The number of rotatable bonds is 8. The third-order valence-corrected chi connectivity index (χ3v) is 4.80. The first-order chi connectivity index (χ1) is 14.0. The highest BCUT2D eigenvalue weighted by Crippen LogP contribution is 2.24. The van der Waals surface area contributed by atoms with Gasteiger partial charge < -0.3 is 14.6 Å². The summed E-state index contributed by atoms with van der Waals surface area (Å²) < 4.78 is 7.17. The van der Waals surface area contributed by atoms with Gasteiger partial charge in [0.2, 0.25) is 5.91 Å². The van der Waals surface area contributed by atoms with E-state index in [0.717, 1.165) is 11.1 Å². The Morgan fingerprint density at radius 3 is 2.55 bits per heavy atom. The van der Waals surface area contributed by atoms with Crippen molar-refractivity contribution in [1.82, 2.24) is 14.9 Å². The SMILES string of the molecule is COc1cccc(C(NC(=O)CCC(=O)c2ccc(C)cc2)c2nccn2C)c1. The molecular formula is C23H25N3O3. The zero-order valence-corrected chi connectivity index (χ0v) is 16.9. The number of carbonyl (C=O) groups is 2. The number of hydrogen-bond donors (Lipinski definition) is 1. The molecule has 0 aliphatic heterocycles. The summed E-state index contributed by atoms with van der Waals surface area (Å²) in [5, 5.41) is 3.01. The number of carbonyl (C=O) groups excluding carboxylic acids is 2. The van der Waals surface area contributed by atoms with Crippen molar-refractivity contribution in [3.63, 3.8) is 0 Å². The normalized spacial score (nSPS) is 11.7. The van der Waals surface area contributed by atoms with Crippen molar-refractivity contribution in [1.29, 1.82) is 0 Å². The van der Waals surface area contributed by atoms with Gasteiger partial charge in [-0.15, -0.1) is 0 Å². The fourth-order valence-electron chi connectivity index (χ4n) is 3.12. The van der Waals surface area contributed by atoms with Gasteiger partial charge in [0.15, 0.2) is 5.78 Å². The first-order valence-corrected chi connectivity index (χ1v) is 9.48. The zero-order chi connectivity index (χ0) is 20.8. The first-order valence-electron chi connectivity index (χ1n) is 9.48. The average Bonchev–Trinajstić information content (AvgIpc) is 3.16. The number of Topliss-reactive ketones (excluding diaryl/α,β-unsaturated/α-hetero) is 1. The quantitative estimate of drug-likeness (QED) is 0.596. The van der Waals surface area contributed by atoms with Crippen LogP contribution >= 0.6 is 0 Å². The monoisotopic (exact) mass is 391 g/mol. The van der Waals surface area contributed by atoms with Crippen LogP contribution in [-0.4, -0.2) is 28.4 Å². The van der Waals surface area contributed by atoms with Gasteiger partial charge in [-0.1, -0.05) is 42.0 Å². The highest BCUT2D eigenvalue weighted by Gasteiger charge is 2.21. The van der Waals surface area contributed by atoms with Crippen molar-refractivity contribution in [2.75, 3.05) is 7.11 Å². The summed E-state index contributed by atoms with van der Waals surface area (Å²) in [6.07, 6.45) is 3.78. The van der Waals surface area contributed by atoms with Crippen LogP contribution in [-0.2, 0) is 11.8 Å². The van der Waals surface area contributed by atoms with E-state index in [1.165, 1.54) is 0 Å². The Morgan fingerprint density at radius 2 is 1.90 bits per heavy atom. The van der Waals surface area contributed by atoms with E-state index >= 15 is 0 Å². The van der Waals surface area contributed by atoms with Crippen molar-refractivity contribution in [2.45, 2.75) is 25.8 Å². The minimum absolute atomic E-state index is 0.0462. The Kier molecular flexibility index (Phi) is 6.44. The second kappa shape index (κ2) is 9.19. The van der Waals surface area contributed by atoms with Gasteiger partial charge in [-0.05, 0) is 24.6 Å². The molecular weight excluding hydrogens is 366 g/mol. The number of benzene rings is 2. The number of methoxy groups -OCH3 is 1. The molecule has 0 saturated heterocycles. The number of hydrogen-bond acceptors (Lipinski definition) is 4. The fourth-order valence-corrected chi connectivity index (χ4v) is 3.12. The first kappa shape index (κ1) is 20.3. The smallest absolute Gasteiger partial charge is 0.221 e. The van der Waals surface area contributed by atoms with Crippen molar-refractivity contribution in [2.24, 2.45) is 7.05 Å². The van der Waals surface area contributed by atoms with Crippen LogP contribution in [0.25, 0.3) is 0 Å². The van der Waals surface area contributed by atoms with E-state index in [1.807, 2.05) is 61.1 Å². The van der Waals surface area contributed by atoms with Gasteiger partial charge in [-0.3, -0.25) is 9.59 Å². The number of amides is 1. The highest BCUT2D eigenvalue weighted by molar-refractivity contribution is 5.98. The molecule has 0 spiro atoms. The van der Waals surface area contributed by atoms with Gasteiger partial charge in [0, 0.05) is 37.8 Å². The van der Waals surface area contributed by atoms with Gasteiger partial charge in [-0.25, -0.2) is 4.98 Å². The molecule has 6 nitrogen and oxygen atoms in total. The molecule has 0 fully saturated rings. The molecule has 1 unspecified atom stereocenters. The van der Waals surface area contributed by atoms with Crippen LogP contribution in [0, 0.1) is 6.92 Å². The molecule has 2 aromatic carbocycles. The van der Waals surface area contributed by atoms with Gasteiger partial charge in [0.05, 0.1) is 7.11 Å². The summed E-state index contributed by atoms with van der Waals surface area (Å²) in [6, 6.07) is 14.5. The molecule has 0 saturated carbocycles. The highest BCUT2D eigenvalue weighted by atomic mass is 16.5. The maximum Gasteiger partial charge on any atom is 0.221 e. The fraction of sp³-hybridized carbons (Fsp3) is 0.261. The van der Waals surface area contributed by atoms with Gasteiger partial charge in [0.1, 0.15) is 17.6 Å². The summed E-state index contributed by atoms with van der Waals surface area (Å²) in [6.45, 7) is 1.97. The van der Waals surface area contributed by atoms with Crippen molar-refractivity contribution in [3.05, 3.63) is 83.4 Å². The Balaban J connectivity index is 1.72. The number of aromatic nitrogens is 2. The summed E-state index contributed by atoms with van der Waals surface area (Å²) in [5.74, 6) is 1.15. The third-order valence-electron chi connectivity index (χ3n) is 4.80. The van der Waals surface area contributed by atoms with Crippen LogP contribution in [0.5, 0.6) is 5.75 Å². The van der Waals surface area contributed by atoms with Gasteiger partial charge in [-0.2, -0.15) is 0 Å². The Bertz CT molecular complexity index is 993. The standard InChI is InChI=1S/C23H25N3O3/c1-16-7-9-17(10-8-16)20(27)11-12-21(28)25-22(23-24-13-14-26(23)2)18-5-4-6-19(15-18)29-3/h4-10,13-15,22H,11-12H2,1-3H3,(H,25,28). The lowest BCUT2D eigenvalue weighted by molar-refractivity contribution is -0.121. The molecule has 0 aliphatic rings. The Morgan fingerprint density at radius 1 is 1.14 bits per heavy atom. The average molecular weight is 391 g/mol. The predicted octanol–water partition coefficient (Wildman–Crippen LogP) is 3.61. The van der Waals surface area contributed by atoms with Gasteiger partial charge in [0.25, 0.3) is 0 Å². The lowest BCUT2D eigenvalue weighted by Crippen LogP contribution is -2.31. The third kappa shape index (κ3) is 5.10. The Labute approximate surface area is 170 Å². The number of aryl methyl sites for hydroxylation is 2. The van der Waals surface area contributed by atoms with E-state index in [1.54, 1.807) is 25.4 Å². The molecule has 1 N–H and O–H groups in total. The number of imidazole rings is 1. The number of nitrogens with zero attached hydrogens (tertiary/aromatic N) is 2. The molecule has 3 rings (SSSR count). The van der Waals surface area contributed by atoms with E-state index in [0.29, 0.717) is 17.1 Å². The van der Waals surface area contributed by atoms with Crippen LogP contribution in [0.1, 0.15) is 46.2 Å². The van der Waals surface area contributed by atoms with Crippen LogP contribution in [0.2, 0.25) is 0 Å². The summed E-state index contributed by atoms with van der Waals surface area (Å²) in [7, 11) is 3.48. The Hall–Kier alpha value is -3.41. The van der Waals surface area contributed by atoms with Crippen molar-refractivity contribution < 1.29 is 14.3 Å². The second-order valence-corrected chi connectivity index (χ2v) is 6.96. The molecule has 1 aromatic heterocycles. The summed E-state index contributed by atoms with van der Waals surface area (Å²) in [5.41, 5.74) is 2.57. The van der Waals surface area contributed by atoms with Crippen molar-refractivity contribution >= 4 is 11.7 Å². The van der Waals surface area contributed by atoms with E-state index in [9.17, 15) is 9.59 Å². The minimum Gasteiger partial charge on any atom is -0.497 e. The topological polar surface area (TPSA) is 73.2 Å². The molecule has 3 aromatic rings. The van der Waals surface area contributed by atoms with E-state index in [2.05, 4.69) is 10.3 Å². The number of nitrogens with one attached hydrogen (secondary N) is 1. The minimum atomic E-state index is -0.438. The summed E-state index contributed by atoms with van der Waals surface area (Å²) >= 11 is 0. The molecule has 6 heteroatoms. The maximum absolute atomic E-state index is 12.6. The molecule has 150 valence electrons. The number of ketones is 1. The summed E-state index contributed by atoms with van der Waals surface area (Å²) in [4.78, 5) is 29.4. The maximum atomic E-state index is 12.6. The molecule has 1 heterocycles. The molecule has 0 radical (unpaired) electrons. The largest absolute Gasteiger partial charge is 0.497 e. The van der Waals surface area contributed by atoms with E-state index in [4.69, 9.17) is 4.74 Å². The molecule has 29 heavy (non-hydrogen) atoms. The van der Waals surface area contributed by atoms with Crippen LogP contribution in [0.3, 0.4) is 0 Å². The molecule has 1 atom stereocenters. The molecule has 0 aliphatic carbocycles. The van der Waals surface area contributed by atoms with Crippen LogP contribution < -0.4 is 10.1 Å². The van der Waals surface area contributed by atoms with E-state index in [-0.39, 0.29) is 24.5 Å². The van der Waals surface area contributed by atoms with Crippen LogP contribution in [0.15, 0.2) is 60.9 Å². The van der Waals surface area contributed by atoms with Crippen LogP contribution in [0.4, 0.5) is 0 Å². The number of ether oxygens (including phenoxy) is 1. The second-order valence-electron chi connectivity index (χ2n) is 6.96. The van der Waals surface area contributed by atoms with Gasteiger partial charge >= 0.3 is 0 Å². The lowest BCUT2D eigenvalue weighted by atomic mass is 10.0. The zero-order valence-electron chi connectivity index (χ0n) is 16.9.